The zero-order valence-corrected chi connectivity index (χ0v) is 31.6. The van der Waals surface area contributed by atoms with Crippen molar-refractivity contribution in [2.45, 2.75) is 71.3 Å². The Morgan fingerprint density at radius 1 is 1.26 bits per heavy atom. The third-order valence-electron chi connectivity index (χ3n) is 10.1. The number of β-amino-alcohol motifs (C(OH)–C–C–N with tert-alkyl or cyclic N) is 1. The van der Waals surface area contributed by atoms with Gasteiger partial charge in [-0.1, -0.05) is 42.3 Å². The number of ether oxygens (including phenoxy) is 1. The van der Waals surface area contributed by atoms with E-state index in [1.54, 1.807) is 39.1 Å². The number of halogens is 4. The van der Waals surface area contributed by atoms with Gasteiger partial charge in [-0.25, -0.2) is 5.43 Å². The molecule has 2 heterocycles. The van der Waals surface area contributed by atoms with E-state index in [-0.39, 0.29) is 47.1 Å². The van der Waals surface area contributed by atoms with Crippen molar-refractivity contribution in [2.75, 3.05) is 45.2 Å². The maximum Gasteiger partial charge on any atom is 0.416 e. The van der Waals surface area contributed by atoms with Gasteiger partial charge in [0.05, 0.1) is 41.2 Å². The lowest BCUT2D eigenvalue weighted by Gasteiger charge is -2.45. The minimum absolute atomic E-state index is 0.0918. The Morgan fingerprint density at radius 3 is 2.57 bits per heavy atom. The molecule has 294 valence electrons. The largest absolute Gasteiger partial charge is 0.507 e. The lowest BCUT2D eigenvalue weighted by molar-refractivity contribution is -0.140. The molecule has 1 spiro atoms. The molecule has 16 heteroatoms. The van der Waals surface area contributed by atoms with Gasteiger partial charge in [0.25, 0.3) is 11.8 Å². The van der Waals surface area contributed by atoms with Gasteiger partial charge in [-0.05, 0) is 82.5 Å². The number of nitrogens with one attached hydrogen (secondary N) is 3. The zero-order valence-electron chi connectivity index (χ0n) is 30.9. The van der Waals surface area contributed by atoms with Crippen molar-refractivity contribution in [1.82, 2.24) is 20.7 Å². The van der Waals surface area contributed by atoms with Gasteiger partial charge in [0.15, 0.2) is 0 Å². The van der Waals surface area contributed by atoms with Crippen LogP contribution in [0, 0.1) is 5.41 Å². The van der Waals surface area contributed by atoms with Crippen LogP contribution in [0.5, 0.6) is 0 Å². The second-order valence-corrected chi connectivity index (χ2v) is 13.7. The van der Waals surface area contributed by atoms with Crippen molar-refractivity contribution in [3.05, 3.63) is 86.8 Å². The molecular weight excluding hydrogens is 729 g/mol. The van der Waals surface area contributed by atoms with E-state index in [0.29, 0.717) is 56.2 Å². The van der Waals surface area contributed by atoms with E-state index in [1.807, 2.05) is 6.92 Å². The molecule has 5 N–H and O–H groups in total. The molecular formula is C38H48ClF3N6O6. The Labute approximate surface area is 318 Å². The predicted molar refractivity (Wildman–Crippen MR) is 200 cm³/mol. The first-order valence-electron chi connectivity index (χ1n) is 17.7. The number of anilines is 1. The Hall–Kier alpha value is -4.44. The average Bonchev–Trinajstić information content (AvgIpc) is 3.52. The van der Waals surface area contributed by atoms with Gasteiger partial charge >= 0.3 is 6.18 Å². The number of rotatable bonds is 13. The standard InChI is InChI=1S/C38H48ClF3N6O6/c1-6-8-9-29(49)32(23(3)7-2)35(52)47-17-16-37(30(50)21-47)15-12-28(43-4)33(37)36(53)48(46-34(44-5)24-13-18-54-19-14-24)22-31(51)45-27-11-10-25(20-26(27)39)38(40,41)42/h6,8-11,13,20,30,34,43,46,49-50H,5,7,12,14-19,21-22H2,1-4H3,(H,45,51)/b8-6-,29-9+,32-23?. The summed E-state index contributed by atoms with van der Waals surface area (Å²) in [6.45, 7) is 9.18. The molecule has 4 rings (SSSR count). The second kappa shape index (κ2) is 18.3. The molecule has 1 saturated heterocycles. The van der Waals surface area contributed by atoms with Crippen molar-refractivity contribution in [2.24, 2.45) is 10.4 Å². The van der Waals surface area contributed by atoms with Crippen LogP contribution in [0.1, 0.15) is 58.4 Å². The van der Waals surface area contributed by atoms with E-state index < -0.39 is 53.7 Å². The fraction of sp³-hybridized carbons (Fsp3) is 0.474. The summed E-state index contributed by atoms with van der Waals surface area (Å²) >= 11 is 6.11. The Bertz CT molecular complexity index is 1770. The molecule has 0 saturated carbocycles. The fourth-order valence-electron chi connectivity index (χ4n) is 6.97. The average molecular weight is 777 g/mol. The highest BCUT2D eigenvalue weighted by Crippen LogP contribution is 2.50. The zero-order chi connectivity index (χ0) is 39.8. The molecule has 0 radical (unpaired) electrons. The van der Waals surface area contributed by atoms with Crippen molar-refractivity contribution in [3.8, 4) is 0 Å². The summed E-state index contributed by atoms with van der Waals surface area (Å²) in [5.41, 5.74) is 3.14. The van der Waals surface area contributed by atoms with Crippen LogP contribution in [-0.2, 0) is 25.3 Å². The third-order valence-corrected chi connectivity index (χ3v) is 10.4. The Kier molecular flexibility index (Phi) is 14.3. The summed E-state index contributed by atoms with van der Waals surface area (Å²) in [6.07, 6.45) is 1.79. The highest BCUT2D eigenvalue weighted by molar-refractivity contribution is 6.33. The van der Waals surface area contributed by atoms with Gasteiger partial charge in [-0.3, -0.25) is 24.4 Å². The van der Waals surface area contributed by atoms with Gasteiger partial charge in [0, 0.05) is 36.8 Å². The second-order valence-electron chi connectivity index (χ2n) is 13.3. The smallest absolute Gasteiger partial charge is 0.416 e. The van der Waals surface area contributed by atoms with Crippen LogP contribution in [0.3, 0.4) is 0 Å². The van der Waals surface area contributed by atoms with Crippen molar-refractivity contribution in [3.63, 3.8) is 0 Å². The van der Waals surface area contributed by atoms with E-state index in [1.165, 1.54) is 11.0 Å². The molecule has 0 bridgehead atoms. The number of benzene rings is 1. The number of likely N-dealkylation sites (tertiary alicyclic amines) is 1. The molecule has 12 nitrogen and oxygen atoms in total. The quantitative estimate of drug-likeness (QED) is 0.0434. The Balaban J connectivity index is 1.66. The number of piperidine rings is 1. The molecule has 3 unspecified atom stereocenters. The lowest BCUT2D eigenvalue weighted by atomic mass is 9.70. The van der Waals surface area contributed by atoms with Gasteiger partial charge < -0.3 is 30.5 Å². The minimum Gasteiger partial charge on any atom is -0.507 e. The lowest BCUT2D eigenvalue weighted by Crippen LogP contribution is -2.57. The summed E-state index contributed by atoms with van der Waals surface area (Å²) in [5, 5.41) is 29.0. The molecule has 1 fully saturated rings. The number of aliphatic hydroxyl groups is 2. The molecule has 1 aliphatic carbocycles. The number of carbonyl (C=O) groups excluding carboxylic acids is 3. The summed E-state index contributed by atoms with van der Waals surface area (Å²) in [7, 11) is 1.65. The minimum atomic E-state index is -4.65. The van der Waals surface area contributed by atoms with E-state index in [2.05, 4.69) is 27.8 Å². The van der Waals surface area contributed by atoms with Crippen LogP contribution in [0.15, 0.2) is 81.2 Å². The molecule has 1 aromatic carbocycles. The maximum atomic E-state index is 14.8. The highest BCUT2D eigenvalue weighted by atomic mass is 35.5. The van der Waals surface area contributed by atoms with Crippen molar-refractivity contribution >= 4 is 41.7 Å². The number of aliphatic imine (C=N–C) groups is 1. The third kappa shape index (κ3) is 9.43. The number of nitrogens with zero attached hydrogens (tertiary/aromatic N) is 3. The first kappa shape index (κ1) is 42.3. The van der Waals surface area contributed by atoms with Crippen LogP contribution in [0.2, 0.25) is 5.02 Å². The fourth-order valence-corrected chi connectivity index (χ4v) is 7.19. The van der Waals surface area contributed by atoms with Crippen molar-refractivity contribution in [1.29, 1.82) is 0 Å². The molecule has 0 aromatic heterocycles. The van der Waals surface area contributed by atoms with Crippen LogP contribution >= 0.6 is 11.6 Å². The monoisotopic (exact) mass is 776 g/mol. The SMILES string of the molecule is C=NC(NN(CC(=O)Nc1ccc(C(F)(F)F)cc1Cl)C(=O)C1=C(NC)CCC12CCN(C(=O)C(=C(C)CC)/C(O)=C\C=C/C)CC2O)C1=CCOCC1. The first-order valence-corrected chi connectivity index (χ1v) is 18.1. The first-order chi connectivity index (χ1) is 25.6. The molecule has 54 heavy (non-hydrogen) atoms. The topological polar surface area (TPSA) is 156 Å². The van der Waals surface area contributed by atoms with Crippen LogP contribution < -0.4 is 16.1 Å². The summed E-state index contributed by atoms with van der Waals surface area (Å²) in [5.74, 6) is -2.07. The molecule has 1 aromatic rings. The number of hydrogen-bond acceptors (Lipinski definition) is 9. The van der Waals surface area contributed by atoms with Crippen LogP contribution in [-0.4, -0.2) is 96.7 Å². The van der Waals surface area contributed by atoms with Gasteiger partial charge in [-0.15, -0.1) is 0 Å². The molecule has 3 aliphatic rings. The number of alkyl halides is 3. The Morgan fingerprint density at radius 2 is 2.00 bits per heavy atom. The number of amides is 3. The normalized spacial score (nSPS) is 21.9. The van der Waals surface area contributed by atoms with E-state index in [4.69, 9.17) is 16.3 Å². The van der Waals surface area contributed by atoms with Crippen molar-refractivity contribution < 1.29 is 42.5 Å². The van der Waals surface area contributed by atoms with Gasteiger partial charge in [0.1, 0.15) is 18.5 Å². The van der Waals surface area contributed by atoms with E-state index in [0.717, 1.165) is 22.7 Å². The van der Waals surface area contributed by atoms with Crippen LogP contribution in [0.4, 0.5) is 18.9 Å². The predicted octanol–water partition coefficient (Wildman–Crippen LogP) is 5.60. The summed E-state index contributed by atoms with van der Waals surface area (Å²) < 4.78 is 45.2. The van der Waals surface area contributed by atoms with Crippen LogP contribution in [0.25, 0.3) is 0 Å². The van der Waals surface area contributed by atoms with E-state index in [9.17, 15) is 37.8 Å². The number of hydrogen-bond donors (Lipinski definition) is 5. The van der Waals surface area contributed by atoms with Gasteiger partial charge in [0.2, 0.25) is 5.91 Å². The molecule has 2 aliphatic heterocycles. The van der Waals surface area contributed by atoms with Gasteiger partial charge in [-0.2, -0.15) is 13.2 Å². The number of aliphatic hydroxyl groups excluding tert-OH is 2. The summed E-state index contributed by atoms with van der Waals surface area (Å²) in [6, 6.07) is 2.51. The number of hydrazine groups is 1. The molecule has 3 atom stereocenters. The highest BCUT2D eigenvalue weighted by Gasteiger charge is 2.53. The summed E-state index contributed by atoms with van der Waals surface area (Å²) in [4.78, 5) is 47.8. The number of allylic oxidation sites excluding steroid dienone is 5. The molecule has 3 amide bonds. The number of carbonyl (C=O) groups is 3. The maximum absolute atomic E-state index is 14.8. The van der Waals surface area contributed by atoms with E-state index >= 15 is 0 Å².